The molecule has 0 N–H and O–H groups in total. The van der Waals surface area contributed by atoms with Gasteiger partial charge in [0.15, 0.2) is 0 Å². The molecular weight excluding hydrogens is 504 g/mol. The van der Waals surface area contributed by atoms with Crippen LogP contribution in [0, 0.1) is 6.92 Å². The van der Waals surface area contributed by atoms with Crippen molar-refractivity contribution in [3.05, 3.63) is 114 Å². The van der Waals surface area contributed by atoms with E-state index in [0.29, 0.717) is 0 Å². The fourth-order valence-electron chi connectivity index (χ4n) is 5.94. The van der Waals surface area contributed by atoms with Crippen molar-refractivity contribution < 1.29 is 4.74 Å². The summed E-state index contributed by atoms with van der Waals surface area (Å²) in [7, 11) is 2.15. The number of para-hydroxylation sites is 1. The number of aryl methyl sites for hydroxylation is 1. The first-order chi connectivity index (χ1) is 19.8. The van der Waals surface area contributed by atoms with Crippen LogP contribution in [0.15, 0.2) is 103 Å². The van der Waals surface area contributed by atoms with Crippen molar-refractivity contribution in [1.82, 2.24) is 9.55 Å². The molecule has 1 aliphatic rings. The molecule has 2 aromatic heterocycles. The molecule has 0 saturated carbocycles. The summed E-state index contributed by atoms with van der Waals surface area (Å²) < 4.78 is 8.78. The van der Waals surface area contributed by atoms with E-state index >= 15 is 0 Å². The third kappa shape index (κ3) is 4.38. The molecule has 0 bridgehead atoms. The molecule has 5 heteroatoms. The minimum atomic E-state index is 0.0825. The van der Waals surface area contributed by atoms with Gasteiger partial charge < -0.3 is 14.5 Å². The summed E-state index contributed by atoms with van der Waals surface area (Å²) in [5, 5.41) is 2.37. The number of benzene rings is 4. The molecule has 0 radical (unpaired) electrons. The molecule has 0 spiro atoms. The number of fused-ring (bicyclic) bond motifs is 4. The lowest BCUT2D eigenvalue weighted by Crippen LogP contribution is -2.24. The van der Waals surface area contributed by atoms with Crippen molar-refractivity contribution in [3.63, 3.8) is 0 Å². The van der Waals surface area contributed by atoms with Crippen LogP contribution in [0.25, 0.3) is 27.6 Å². The second-order valence-corrected chi connectivity index (χ2v) is 12.0. The van der Waals surface area contributed by atoms with Crippen LogP contribution in [-0.2, 0) is 5.41 Å². The highest BCUT2D eigenvalue weighted by Crippen LogP contribution is 2.44. The molecule has 0 aliphatic carbocycles. The van der Waals surface area contributed by atoms with E-state index in [2.05, 4.69) is 133 Å². The third-order valence-electron chi connectivity index (χ3n) is 8.00. The van der Waals surface area contributed by atoms with Crippen molar-refractivity contribution in [2.45, 2.75) is 33.1 Å². The molecule has 41 heavy (non-hydrogen) atoms. The molecule has 6 aromatic rings. The van der Waals surface area contributed by atoms with Gasteiger partial charge in [0.05, 0.1) is 29.1 Å². The van der Waals surface area contributed by atoms with Crippen molar-refractivity contribution >= 4 is 38.9 Å². The molecule has 204 valence electrons. The van der Waals surface area contributed by atoms with Crippen molar-refractivity contribution in [3.8, 4) is 17.3 Å². The molecule has 0 amide bonds. The Kier molecular flexibility index (Phi) is 5.79. The zero-order valence-corrected chi connectivity index (χ0v) is 24.2. The van der Waals surface area contributed by atoms with Gasteiger partial charge in [0.2, 0.25) is 0 Å². The van der Waals surface area contributed by atoms with Crippen LogP contribution in [0.2, 0.25) is 0 Å². The molecule has 1 aliphatic heterocycles. The maximum Gasteiger partial charge on any atom is 0.137 e. The van der Waals surface area contributed by atoms with E-state index in [1.54, 1.807) is 0 Å². The molecule has 0 atom stereocenters. The van der Waals surface area contributed by atoms with Crippen LogP contribution in [0.3, 0.4) is 0 Å². The average Bonchev–Trinajstić information content (AvgIpc) is 3.47. The van der Waals surface area contributed by atoms with Gasteiger partial charge in [0.1, 0.15) is 17.3 Å². The van der Waals surface area contributed by atoms with Gasteiger partial charge in [0.25, 0.3) is 0 Å². The second-order valence-electron chi connectivity index (χ2n) is 12.0. The second kappa shape index (κ2) is 9.41. The summed E-state index contributed by atoms with van der Waals surface area (Å²) in [5.41, 5.74) is 8.37. The van der Waals surface area contributed by atoms with Crippen molar-refractivity contribution in [2.24, 2.45) is 0 Å². The first kappa shape index (κ1) is 25.2. The Balaban J connectivity index is 1.29. The van der Waals surface area contributed by atoms with E-state index in [0.717, 1.165) is 46.3 Å². The van der Waals surface area contributed by atoms with Crippen LogP contribution < -0.4 is 14.5 Å². The smallest absolute Gasteiger partial charge is 0.137 e. The van der Waals surface area contributed by atoms with Gasteiger partial charge in [-0.2, -0.15) is 0 Å². The molecule has 0 fully saturated rings. The van der Waals surface area contributed by atoms with Gasteiger partial charge in [-0.25, -0.2) is 4.98 Å². The highest BCUT2D eigenvalue weighted by atomic mass is 16.5. The lowest BCUT2D eigenvalue weighted by Gasteiger charge is -2.23. The maximum absolute atomic E-state index is 6.57. The summed E-state index contributed by atoms with van der Waals surface area (Å²) in [4.78, 5) is 9.34. The Hall–Kier alpha value is -4.77. The van der Waals surface area contributed by atoms with Gasteiger partial charge >= 0.3 is 0 Å². The largest absolute Gasteiger partial charge is 0.457 e. The zero-order chi connectivity index (χ0) is 28.3. The summed E-state index contributed by atoms with van der Waals surface area (Å²) in [6.45, 7) is 9.72. The van der Waals surface area contributed by atoms with E-state index < -0.39 is 0 Å². The van der Waals surface area contributed by atoms with Gasteiger partial charge in [0, 0.05) is 41.8 Å². The average molecular weight is 539 g/mol. The van der Waals surface area contributed by atoms with E-state index in [4.69, 9.17) is 4.74 Å². The zero-order valence-electron chi connectivity index (χ0n) is 24.2. The van der Waals surface area contributed by atoms with Crippen molar-refractivity contribution in [2.75, 3.05) is 23.5 Å². The first-order valence-electron chi connectivity index (χ1n) is 14.1. The number of hydrogen-bond acceptors (Lipinski definition) is 4. The van der Waals surface area contributed by atoms with E-state index in [-0.39, 0.29) is 5.41 Å². The molecule has 7 rings (SSSR count). The molecular formula is C36H34N4O. The number of anilines is 3. The number of aromatic nitrogens is 2. The number of pyridine rings is 1. The summed E-state index contributed by atoms with van der Waals surface area (Å²) >= 11 is 0. The minimum absolute atomic E-state index is 0.0825. The Morgan fingerprint density at radius 3 is 2.34 bits per heavy atom. The number of ether oxygens (including phenoxy) is 1. The normalized spacial score (nSPS) is 13.3. The Morgan fingerprint density at radius 1 is 0.732 bits per heavy atom. The number of hydrogen-bond donors (Lipinski definition) is 0. The van der Waals surface area contributed by atoms with E-state index in [1.165, 1.54) is 27.7 Å². The Labute approximate surface area is 241 Å². The van der Waals surface area contributed by atoms with Crippen LogP contribution in [-0.4, -0.2) is 23.3 Å². The summed E-state index contributed by atoms with van der Waals surface area (Å²) in [6.07, 6.45) is 1.84. The third-order valence-corrected chi connectivity index (χ3v) is 8.00. The molecule has 3 heterocycles. The monoisotopic (exact) mass is 538 g/mol. The minimum Gasteiger partial charge on any atom is -0.457 e. The van der Waals surface area contributed by atoms with Crippen LogP contribution in [0.5, 0.6) is 11.5 Å². The van der Waals surface area contributed by atoms with E-state index in [1.807, 2.05) is 24.4 Å². The lowest BCUT2D eigenvalue weighted by molar-refractivity contribution is 0.483. The van der Waals surface area contributed by atoms with Crippen molar-refractivity contribution in [1.29, 1.82) is 0 Å². The molecule has 4 aromatic carbocycles. The topological polar surface area (TPSA) is 33.5 Å². The van der Waals surface area contributed by atoms with Gasteiger partial charge in [-0.15, -0.1) is 0 Å². The van der Waals surface area contributed by atoms with Crippen LogP contribution >= 0.6 is 0 Å². The summed E-state index contributed by atoms with van der Waals surface area (Å²) in [5.74, 6) is 2.51. The maximum atomic E-state index is 6.57. The lowest BCUT2D eigenvalue weighted by atomic mass is 9.86. The quantitative estimate of drug-likeness (QED) is 0.224. The van der Waals surface area contributed by atoms with Crippen LogP contribution in [0.4, 0.5) is 17.1 Å². The standard InChI is InChI=1S/C36H34N4O/c1-24-18-26(39-23-38(5)32-16-13-25(20-34(32)39)36(2,3)4)21-28(19-24)41-27-14-15-30-29-10-6-7-11-31(29)40(33(30)22-27)35-12-8-9-17-37-35/h6-22H,23H2,1-5H3. The predicted octanol–water partition coefficient (Wildman–Crippen LogP) is 9.12. The Bertz CT molecular complexity index is 1920. The SMILES string of the molecule is Cc1cc(Oc2ccc3c4ccccc4n(-c4ccccn4)c3c2)cc(N2CN(C)c3ccc(C(C)(C)C)cc32)c1. The molecule has 5 nitrogen and oxygen atoms in total. The fourth-order valence-corrected chi connectivity index (χ4v) is 5.94. The van der Waals surface area contributed by atoms with Gasteiger partial charge in [-0.1, -0.05) is 51.1 Å². The van der Waals surface area contributed by atoms with E-state index in [9.17, 15) is 0 Å². The summed E-state index contributed by atoms with van der Waals surface area (Å²) in [6, 6.07) is 34.2. The number of nitrogens with zero attached hydrogens (tertiary/aromatic N) is 4. The first-order valence-corrected chi connectivity index (χ1v) is 14.1. The van der Waals surface area contributed by atoms with Gasteiger partial charge in [-0.3, -0.25) is 4.57 Å². The Morgan fingerprint density at radius 2 is 1.54 bits per heavy atom. The predicted molar refractivity (Wildman–Crippen MR) is 170 cm³/mol. The number of rotatable bonds is 4. The van der Waals surface area contributed by atoms with Gasteiger partial charge in [-0.05, 0) is 78.1 Å². The molecule has 0 unspecified atom stereocenters. The molecule has 0 saturated heterocycles. The van der Waals surface area contributed by atoms with Crippen LogP contribution in [0.1, 0.15) is 31.9 Å². The highest BCUT2D eigenvalue weighted by molar-refractivity contribution is 6.09. The fraction of sp³-hybridized carbons (Fsp3) is 0.194. The highest BCUT2D eigenvalue weighted by Gasteiger charge is 2.27.